The number of hydrogen-bond donors (Lipinski definition) is 1. The van der Waals surface area contributed by atoms with Crippen LogP contribution >= 0.6 is 0 Å². The first-order chi connectivity index (χ1) is 17.3. The number of nitrogens with zero attached hydrogens (tertiary/aromatic N) is 1. The molecule has 0 aliphatic carbocycles. The zero-order valence-electron chi connectivity index (χ0n) is 19.1. The Morgan fingerprint density at radius 1 is 0.686 bits per heavy atom. The van der Waals surface area contributed by atoms with E-state index in [9.17, 15) is 4.79 Å². The predicted octanol–water partition coefficient (Wildman–Crippen LogP) is 7.25. The molecule has 0 fully saturated rings. The summed E-state index contributed by atoms with van der Waals surface area (Å²) in [5.74, 6) is 0.279. The van der Waals surface area contributed by atoms with Crippen LogP contribution in [0.4, 0.5) is 5.69 Å². The van der Waals surface area contributed by atoms with Crippen molar-refractivity contribution in [2.24, 2.45) is 0 Å². The van der Waals surface area contributed by atoms with E-state index in [1.165, 1.54) is 0 Å². The van der Waals surface area contributed by atoms with Gasteiger partial charge in [-0.25, -0.2) is 0 Å². The highest BCUT2D eigenvalue weighted by molar-refractivity contribution is 6.07. The Morgan fingerprint density at radius 2 is 1.43 bits per heavy atom. The minimum Gasteiger partial charge on any atom is -0.488 e. The first-order valence-corrected chi connectivity index (χ1v) is 11.5. The fourth-order valence-corrected chi connectivity index (χ4v) is 3.87. The lowest BCUT2D eigenvalue weighted by Crippen LogP contribution is -2.14. The zero-order chi connectivity index (χ0) is 23.9. The molecule has 1 aromatic heterocycles. The average Bonchev–Trinajstić information content (AvgIpc) is 2.93. The van der Waals surface area contributed by atoms with Gasteiger partial charge in [0.05, 0.1) is 11.3 Å². The molecule has 0 bridgehead atoms. The molecule has 0 saturated carbocycles. The van der Waals surface area contributed by atoms with Crippen molar-refractivity contribution in [1.29, 1.82) is 0 Å². The van der Waals surface area contributed by atoms with Crippen LogP contribution in [0.3, 0.4) is 0 Å². The topological polar surface area (TPSA) is 51.2 Å². The van der Waals surface area contributed by atoms with Crippen LogP contribution in [-0.4, -0.2) is 10.9 Å². The molecule has 5 aromatic rings. The highest BCUT2D eigenvalue weighted by Crippen LogP contribution is 2.28. The van der Waals surface area contributed by atoms with E-state index >= 15 is 0 Å². The average molecular weight is 457 g/mol. The Hall–Kier alpha value is -4.70. The second-order valence-corrected chi connectivity index (χ2v) is 8.10. The second-order valence-electron chi connectivity index (χ2n) is 8.10. The molecule has 4 aromatic carbocycles. The van der Waals surface area contributed by atoms with Crippen LogP contribution in [0.2, 0.25) is 0 Å². The summed E-state index contributed by atoms with van der Waals surface area (Å²) in [6.45, 7) is 0.369. The third-order valence-electron chi connectivity index (χ3n) is 5.65. The van der Waals surface area contributed by atoms with Crippen molar-refractivity contribution in [2.75, 3.05) is 5.32 Å². The van der Waals surface area contributed by atoms with Crippen molar-refractivity contribution >= 4 is 11.6 Å². The van der Waals surface area contributed by atoms with Crippen LogP contribution in [0.5, 0.6) is 5.75 Å². The van der Waals surface area contributed by atoms with Crippen molar-refractivity contribution in [3.05, 3.63) is 139 Å². The van der Waals surface area contributed by atoms with Gasteiger partial charge in [0, 0.05) is 17.4 Å². The van der Waals surface area contributed by atoms with E-state index in [1.807, 2.05) is 121 Å². The lowest BCUT2D eigenvalue weighted by Gasteiger charge is -2.14. The maximum atomic E-state index is 13.5. The molecule has 1 N–H and O–H groups in total. The van der Waals surface area contributed by atoms with Crippen LogP contribution in [0, 0.1) is 0 Å². The highest BCUT2D eigenvalue weighted by atomic mass is 16.5. The van der Waals surface area contributed by atoms with Gasteiger partial charge in [0.1, 0.15) is 12.4 Å². The summed E-state index contributed by atoms with van der Waals surface area (Å²) >= 11 is 0. The molecule has 0 aliphatic rings. The Labute approximate surface area is 204 Å². The van der Waals surface area contributed by atoms with Gasteiger partial charge >= 0.3 is 0 Å². The minimum atomic E-state index is -0.240. The van der Waals surface area contributed by atoms with Crippen molar-refractivity contribution in [3.8, 4) is 28.1 Å². The summed E-state index contributed by atoms with van der Waals surface area (Å²) in [5, 5.41) is 3.05. The number of rotatable bonds is 7. The number of aromatic nitrogens is 1. The predicted molar refractivity (Wildman–Crippen MR) is 140 cm³/mol. The molecule has 0 atom stereocenters. The molecule has 170 valence electrons. The smallest absolute Gasteiger partial charge is 0.259 e. The summed E-state index contributed by atoms with van der Waals surface area (Å²) in [6.07, 6.45) is 1.74. The molecule has 1 heterocycles. The summed E-state index contributed by atoms with van der Waals surface area (Å²) in [7, 11) is 0. The van der Waals surface area contributed by atoms with Crippen LogP contribution in [-0.2, 0) is 6.61 Å². The third kappa shape index (κ3) is 5.45. The molecule has 1 amide bonds. The number of benzene rings is 4. The van der Waals surface area contributed by atoms with Gasteiger partial charge in [0.25, 0.3) is 5.91 Å². The van der Waals surface area contributed by atoms with Crippen LogP contribution in [0.25, 0.3) is 22.4 Å². The van der Waals surface area contributed by atoms with Gasteiger partial charge in [0.15, 0.2) is 0 Å². The second kappa shape index (κ2) is 10.5. The summed E-state index contributed by atoms with van der Waals surface area (Å²) < 4.78 is 6.08. The molecule has 4 heteroatoms. The quantitative estimate of drug-likeness (QED) is 0.281. The van der Waals surface area contributed by atoms with Crippen LogP contribution < -0.4 is 10.1 Å². The van der Waals surface area contributed by atoms with Gasteiger partial charge in [-0.2, -0.15) is 0 Å². The van der Waals surface area contributed by atoms with Gasteiger partial charge in [0.2, 0.25) is 0 Å². The Balaban J connectivity index is 1.44. The van der Waals surface area contributed by atoms with Crippen molar-refractivity contribution in [2.45, 2.75) is 6.61 Å². The zero-order valence-corrected chi connectivity index (χ0v) is 19.1. The first-order valence-electron chi connectivity index (χ1n) is 11.5. The summed E-state index contributed by atoms with van der Waals surface area (Å²) in [5.41, 5.74) is 5.97. The first kappa shape index (κ1) is 22.1. The molecule has 0 spiro atoms. The molecular weight excluding hydrogens is 432 g/mol. The molecule has 0 saturated heterocycles. The lowest BCUT2D eigenvalue weighted by molar-refractivity contribution is 0.102. The third-order valence-corrected chi connectivity index (χ3v) is 5.65. The minimum absolute atomic E-state index is 0.240. The fourth-order valence-electron chi connectivity index (χ4n) is 3.87. The van der Waals surface area contributed by atoms with Gasteiger partial charge < -0.3 is 10.1 Å². The van der Waals surface area contributed by atoms with E-state index in [4.69, 9.17) is 4.74 Å². The normalized spacial score (nSPS) is 10.5. The number of hydrogen-bond acceptors (Lipinski definition) is 3. The van der Waals surface area contributed by atoms with Gasteiger partial charge in [-0.1, -0.05) is 78.9 Å². The van der Waals surface area contributed by atoms with Crippen molar-refractivity contribution in [1.82, 2.24) is 4.98 Å². The molecule has 0 aliphatic heterocycles. The molecule has 0 radical (unpaired) electrons. The number of ether oxygens (including phenoxy) is 1. The maximum absolute atomic E-state index is 13.5. The van der Waals surface area contributed by atoms with E-state index in [0.29, 0.717) is 23.6 Å². The Bertz CT molecular complexity index is 1420. The van der Waals surface area contributed by atoms with Crippen LogP contribution in [0.1, 0.15) is 15.9 Å². The van der Waals surface area contributed by atoms with E-state index < -0.39 is 0 Å². The molecule has 35 heavy (non-hydrogen) atoms. The highest BCUT2D eigenvalue weighted by Gasteiger charge is 2.16. The summed E-state index contributed by atoms with van der Waals surface area (Å²) in [4.78, 5) is 17.9. The molecular formula is C31H24N2O2. The number of pyridine rings is 1. The number of nitrogens with one attached hydrogen (secondary N) is 1. The van der Waals surface area contributed by atoms with E-state index in [1.54, 1.807) is 6.20 Å². The van der Waals surface area contributed by atoms with E-state index in [-0.39, 0.29) is 5.91 Å². The largest absolute Gasteiger partial charge is 0.488 e. The van der Waals surface area contributed by atoms with Crippen molar-refractivity contribution < 1.29 is 9.53 Å². The van der Waals surface area contributed by atoms with Gasteiger partial charge in [-0.15, -0.1) is 0 Å². The fraction of sp³-hybridized carbons (Fsp3) is 0.0323. The van der Waals surface area contributed by atoms with Crippen LogP contribution in [0.15, 0.2) is 128 Å². The number of anilines is 1. The Kier molecular flexibility index (Phi) is 6.63. The number of carbonyl (C=O) groups excluding carboxylic acids is 1. The number of carbonyl (C=O) groups is 1. The molecule has 0 unspecified atom stereocenters. The van der Waals surface area contributed by atoms with Gasteiger partial charge in [-0.05, 0) is 59.2 Å². The lowest BCUT2D eigenvalue weighted by atomic mass is 10.0. The SMILES string of the molecule is O=C(Nc1cccc(-c2ccccc2)c1)c1cc(-c2ccccn2)ccc1OCc1ccccc1. The monoisotopic (exact) mass is 456 g/mol. The van der Waals surface area contributed by atoms with Gasteiger partial charge in [-0.3, -0.25) is 9.78 Å². The maximum Gasteiger partial charge on any atom is 0.259 e. The van der Waals surface area contributed by atoms with E-state index in [0.717, 1.165) is 27.9 Å². The van der Waals surface area contributed by atoms with Crippen molar-refractivity contribution in [3.63, 3.8) is 0 Å². The molecule has 4 nitrogen and oxygen atoms in total. The molecule has 5 rings (SSSR count). The standard InChI is InChI=1S/C31H24N2O2/c34-31(33-27-15-9-14-25(20-27)24-12-5-2-6-13-24)28-21-26(29-16-7-8-19-32-29)17-18-30(28)35-22-23-10-3-1-4-11-23/h1-21H,22H2,(H,33,34). The summed E-state index contributed by atoms with van der Waals surface area (Å²) in [6, 6.07) is 39.1. The van der Waals surface area contributed by atoms with E-state index in [2.05, 4.69) is 10.3 Å². The number of amides is 1. The Morgan fingerprint density at radius 3 is 2.20 bits per heavy atom.